The Kier molecular flexibility index (Phi) is 7.49. The van der Waals surface area contributed by atoms with Gasteiger partial charge in [0.25, 0.3) is 5.69 Å². The van der Waals surface area contributed by atoms with Crippen LogP contribution in [0.3, 0.4) is 0 Å². The van der Waals surface area contributed by atoms with Crippen LogP contribution in [0.15, 0.2) is 41.3 Å². The lowest BCUT2D eigenvalue weighted by molar-refractivity contribution is -0.385. The van der Waals surface area contributed by atoms with Crippen molar-refractivity contribution in [1.29, 1.82) is 0 Å². The van der Waals surface area contributed by atoms with Gasteiger partial charge < -0.3 is 18.9 Å². The monoisotopic (exact) mass is 466 g/mol. The summed E-state index contributed by atoms with van der Waals surface area (Å²) in [6, 6.07) is 8.32. The maximum Gasteiger partial charge on any atom is 0.306 e. The minimum Gasteiger partial charge on any atom is -0.496 e. The Balaban J connectivity index is 1.47. The first-order valence-corrected chi connectivity index (χ1v) is 11.1. The first kappa shape index (κ1) is 23.3. The first-order chi connectivity index (χ1) is 15.3. The number of fused-ring (bicyclic) bond motifs is 1. The Hall–Kier alpha value is -3.38. The SMILES string of the molecule is COc1ccc([N+](=O)[O-])cc1COC(=O)CCCNS(=O)(=O)c1ccc2c(c1)OCCO2. The molecule has 0 fully saturated rings. The van der Waals surface area contributed by atoms with Gasteiger partial charge in [-0.05, 0) is 24.6 Å². The molecule has 0 saturated carbocycles. The Morgan fingerprint density at radius 3 is 2.62 bits per heavy atom. The Morgan fingerprint density at radius 1 is 1.16 bits per heavy atom. The van der Waals surface area contributed by atoms with Crippen LogP contribution in [0.2, 0.25) is 0 Å². The molecule has 172 valence electrons. The molecule has 0 atom stereocenters. The number of hydrogen-bond acceptors (Lipinski definition) is 9. The highest BCUT2D eigenvalue weighted by Crippen LogP contribution is 2.32. The topological polar surface area (TPSA) is 143 Å². The van der Waals surface area contributed by atoms with Gasteiger partial charge >= 0.3 is 5.97 Å². The molecule has 0 aromatic heterocycles. The van der Waals surface area contributed by atoms with E-state index in [0.717, 1.165) is 0 Å². The number of hydrogen-bond donors (Lipinski definition) is 1. The third-order valence-corrected chi connectivity index (χ3v) is 6.00. The zero-order valence-corrected chi connectivity index (χ0v) is 18.1. The fourth-order valence-corrected chi connectivity index (χ4v) is 4.02. The average molecular weight is 466 g/mol. The average Bonchev–Trinajstić information content (AvgIpc) is 2.79. The van der Waals surface area contributed by atoms with E-state index in [1.165, 1.54) is 43.5 Å². The van der Waals surface area contributed by atoms with Crippen LogP contribution in [0.1, 0.15) is 18.4 Å². The van der Waals surface area contributed by atoms with Crippen molar-refractivity contribution < 1.29 is 37.1 Å². The fourth-order valence-electron chi connectivity index (χ4n) is 2.94. The van der Waals surface area contributed by atoms with Gasteiger partial charge in [0.2, 0.25) is 10.0 Å². The number of ether oxygens (including phenoxy) is 4. The van der Waals surface area contributed by atoms with E-state index in [2.05, 4.69) is 4.72 Å². The Bertz CT molecular complexity index is 1100. The van der Waals surface area contributed by atoms with Crippen molar-refractivity contribution in [2.75, 3.05) is 26.9 Å². The maximum absolute atomic E-state index is 12.4. The van der Waals surface area contributed by atoms with E-state index in [9.17, 15) is 23.3 Å². The molecule has 32 heavy (non-hydrogen) atoms. The number of nitro groups is 1. The maximum atomic E-state index is 12.4. The van der Waals surface area contributed by atoms with Crippen LogP contribution < -0.4 is 18.9 Å². The molecule has 0 spiro atoms. The second-order valence-electron chi connectivity index (χ2n) is 6.72. The number of nitrogens with zero attached hydrogens (tertiary/aromatic N) is 1. The predicted octanol–water partition coefficient (Wildman–Crippen LogP) is 2.18. The number of benzene rings is 2. The molecular formula is C20H22N2O9S. The van der Waals surface area contributed by atoms with Gasteiger partial charge in [-0.3, -0.25) is 14.9 Å². The molecule has 1 N–H and O–H groups in total. The predicted molar refractivity (Wildman–Crippen MR) is 111 cm³/mol. The third-order valence-electron chi connectivity index (χ3n) is 4.54. The summed E-state index contributed by atoms with van der Waals surface area (Å²) < 4.78 is 48.3. The number of rotatable bonds is 10. The lowest BCUT2D eigenvalue weighted by Gasteiger charge is -2.18. The summed E-state index contributed by atoms with van der Waals surface area (Å²) in [7, 11) is -2.38. The second-order valence-corrected chi connectivity index (χ2v) is 8.49. The van der Waals surface area contributed by atoms with Crippen LogP contribution in [-0.2, 0) is 26.2 Å². The molecule has 0 saturated heterocycles. The van der Waals surface area contributed by atoms with Gasteiger partial charge in [-0.2, -0.15) is 0 Å². The quantitative estimate of drug-likeness (QED) is 0.241. The zero-order valence-electron chi connectivity index (χ0n) is 17.2. The van der Waals surface area contributed by atoms with Crippen molar-refractivity contribution >= 4 is 21.7 Å². The highest BCUT2D eigenvalue weighted by atomic mass is 32.2. The van der Waals surface area contributed by atoms with E-state index in [-0.39, 0.29) is 36.6 Å². The van der Waals surface area contributed by atoms with Crippen LogP contribution in [0.25, 0.3) is 0 Å². The molecule has 0 radical (unpaired) electrons. The van der Waals surface area contributed by atoms with Crippen molar-refractivity contribution in [3.63, 3.8) is 0 Å². The van der Waals surface area contributed by atoms with Crippen LogP contribution in [0.5, 0.6) is 17.2 Å². The minimum absolute atomic E-state index is 0.0198. The number of nitro benzene ring substituents is 1. The largest absolute Gasteiger partial charge is 0.496 e. The van der Waals surface area contributed by atoms with Crippen LogP contribution >= 0.6 is 0 Å². The smallest absolute Gasteiger partial charge is 0.306 e. The molecule has 0 amide bonds. The van der Waals surface area contributed by atoms with Gasteiger partial charge in [-0.25, -0.2) is 13.1 Å². The Labute approximate surface area is 184 Å². The summed E-state index contributed by atoms with van der Waals surface area (Å²) in [5, 5.41) is 10.9. The van der Waals surface area contributed by atoms with Gasteiger partial charge in [-0.1, -0.05) is 0 Å². The van der Waals surface area contributed by atoms with Gasteiger partial charge in [0.1, 0.15) is 25.6 Å². The summed E-state index contributed by atoms with van der Waals surface area (Å²) in [5.74, 6) is 0.630. The van der Waals surface area contributed by atoms with E-state index in [0.29, 0.717) is 36.0 Å². The van der Waals surface area contributed by atoms with Crippen molar-refractivity contribution in [2.45, 2.75) is 24.3 Å². The number of methoxy groups -OCH3 is 1. The Morgan fingerprint density at radius 2 is 1.91 bits per heavy atom. The fraction of sp³-hybridized carbons (Fsp3) is 0.350. The number of carbonyl (C=O) groups is 1. The van der Waals surface area contributed by atoms with Gasteiger partial charge in [0.15, 0.2) is 11.5 Å². The molecular weight excluding hydrogens is 444 g/mol. The van der Waals surface area contributed by atoms with Crippen LogP contribution in [-0.4, -0.2) is 46.2 Å². The summed E-state index contributed by atoms with van der Waals surface area (Å²) in [4.78, 5) is 22.4. The van der Waals surface area contributed by atoms with Crippen LogP contribution in [0, 0.1) is 10.1 Å². The highest BCUT2D eigenvalue weighted by molar-refractivity contribution is 7.89. The summed E-state index contributed by atoms with van der Waals surface area (Å²) in [6.07, 6.45) is 0.162. The van der Waals surface area contributed by atoms with Gasteiger partial charge in [-0.15, -0.1) is 0 Å². The van der Waals surface area contributed by atoms with Gasteiger partial charge in [0.05, 0.1) is 16.9 Å². The van der Waals surface area contributed by atoms with Crippen molar-refractivity contribution in [1.82, 2.24) is 4.72 Å². The summed E-state index contributed by atoms with van der Waals surface area (Å²) in [6.45, 7) is 0.564. The van der Waals surface area contributed by atoms with Gasteiger partial charge in [0, 0.05) is 36.7 Å². The van der Waals surface area contributed by atoms with E-state index >= 15 is 0 Å². The number of esters is 1. The van der Waals surface area contributed by atoms with E-state index < -0.39 is 20.9 Å². The molecule has 0 bridgehead atoms. The summed E-state index contributed by atoms with van der Waals surface area (Å²) in [5.41, 5.74) is 0.208. The molecule has 2 aromatic carbocycles. The first-order valence-electron chi connectivity index (χ1n) is 9.66. The van der Waals surface area contributed by atoms with E-state index in [1.54, 1.807) is 0 Å². The molecule has 12 heteroatoms. The summed E-state index contributed by atoms with van der Waals surface area (Å²) >= 11 is 0. The molecule has 1 aliphatic rings. The van der Waals surface area contributed by atoms with E-state index in [1.807, 2.05) is 0 Å². The van der Waals surface area contributed by atoms with Crippen molar-refractivity contribution in [3.8, 4) is 17.2 Å². The number of carbonyl (C=O) groups excluding carboxylic acids is 1. The third kappa shape index (κ3) is 5.86. The molecule has 1 aliphatic heterocycles. The van der Waals surface area contributed by atoms with Crippen LogP contribution in [0.4, 0.5) is 5.69 Å². The standard InChI is InChI=1S/C20H22N2O9S/c1-28-17-6-4-15(22(24)25)11-14(17)13-31-20(23)3-2-8-21-32(26,27)16-5-7-18-19(12-16)30-10-9-29-18/h4-7,11-12,21H,2-3,8-10,13H2,1H3. The van der Waals surface area contributed by atoms with Crippen molar-refractivity contribution in [2.24, 2.45) is 0 Å². The molecule has 0 unspecified atom stereocenters. The normalized spacial score (nSPS) is 12.8. The molecule has 2 aromatic rings. The number of nitrogens with one attached hydrogen (secondary N) is 1. The molecule has 0 aliphatic carbocycles. The minimum atomic E-state index is -3.79. The molecule has 3 rings (SSSR count). The number of non-ortho nitro benzene ring substituents is 1. The lowest BCUT2D eigenvalue weighted by Crippen LogP contribution is -2.25. The van der Waals surface area contributed by atoms with E-state index in [4.69, 9.17) is 18.9 Å². The number of sulfonamides is 1. The zero-order chi connectivity index (χ0) is 23.1. The lowest BCUT2D eigenvalue weighted by atomic mass is 10.2. The molecule has 1 heterocycles. The highest BCUT2D eigenvalue weighted by Gasteiger charge is 2.19. The van der Waals surface area contributed by atoms with Crippen molar-refractivity contribution in [3.05, 3.63) is 52.1 Å². The second kappa shape index (κ2) is 10.3. The molecule has 11 nitrogen and oxygen atoms in total.